The van der Waals surface area contributed by atoms with E-state index in [4.69, 9.17) is 0 Å². The number of fused-ring (bicyclic) bond motifs is 1. The molecule has 0 radical (unpaired) electrons. The maximum Gasteiger partial charge on any atom is 0.230 e. The predicted molar refractivity (Wildman–Crippen MR) is 98.0 cm³/mol. The van der Waals surface area contributed by atoms with Crippen LogP contribution >= 0.6 is 12.4 Å². The Morgan fingerprint density at radius 1 is 1.33 bits per heavy atom. The number of carbonyl (C=O) groups is 1. The largest absolute Gasteiger partial charge is 0.323 e. The summed E-state index contributed by atoms with van der Waals surface area (Å²) in [5.41, 5.74) is 1.80. The number of halogens is 2. The highest BCUT2D eigenvalue weighted by atomic mass is 35.5. The fourth-order valence-corrected chi connectivity index (χ4v) is 4.24. The van der Waals surface area contributed by atoms with Gasteiger partial charge >= 0.3 is 0 Å². The van der Waals surface area contributed by atoms with Gasteiger partial charge in [-0.1, -0.05) is 32.8 Å². The van der Waals surface area contributed by atoms with Gasteiger partial charge in [0.2, 0.25) is 5.91 Å². The zero-order valence-electron chi connectivity index (χ0n) is 14.6. The second kappa shape index (κ2) is 7.83. The van der Waals surface area contributed by atoms with E-state index in [1.54, 1.807) is 6.07 Å². The van der Waals surface area contributed by atoms with Crippen LogP contribution in [-0.2, 0) is 17.8 Å². The summed E-state index contributed by atoms with van der Waals surface area (Å²) < 4.78 is 14.7. The summed E-state index contributed by atoms with van der Waals surface area (Å²) in [7, 11) is 0. The van der Waals surface area contributed by atoms with Gasteiger partial charge < -0.3 is 10.6 Å². The maximum absolute atomic E-state index is 14.7. The number of rotatable bonds is 4. The first-order chi connectivity index (χ1) is 11.0. The minimum absolute atomic E-state index is 0. The van der Waals surface area contributed by atoms with Gasteiger partial charge in [0.15, 0.2) is 0 Å². The van der Waals surface area contributed by atoms with Gasteiger partial charge in [-0.2, -0.15) is 0 Å². The molecule has 1 aromatic rings. The number of hydrogen-bond donors (Lipinski definition) is 2. The van der Waals surface area contributed by atoms with E-state index in [0.29, 0.717) is 24.6 Å². The second-order valence-corrected chi connectivity index (χ2v) is 7.53. The molecule has 2 aliphatic rings. The molecule has 5 heteroatoms. The fourth-order valence-electron chi connectivity index (χ4n) is 4.24. The van der Waals surface area contributed by atoms with Gasteiger partial charge in [0, 0.05) is 12.0 Å². The van der Waals surface area contributed by atoms with Crippen molar-refractivity contribution in [1.82, 2.24) is 5.32 Å². The first-order valence-electron chi connectivity index (χ1n) is 8.84. The van der Waals surface area contributed by atoms with Crippen molar-refractivity contribution in [2.24, 2.45) is 11.3 Å². The molecule has 0 unspecified atom stereocenters. The summed E-state index contributed by atoms with van der Waals surface area (Å²) in [6.45, 7) is 5.80. The number of carbonyl (C=O) groups excluding carboxylic acids is 1. The van der Waals surface area contributed by atoms with E-state index in [1.165, 1.54) is 0 Å². The van der Waals surface area contributed by atoms with E-state index in [2.05, 4.69) is 24.5 Å². The van der Waals surface area contributed by atoms with Crippen LogP contribution in [0.4, 0.5) is 10.1 Å². The lowest BCUT2D eigenvalue weighted by atomic mass is 9.77. The number of benzene rings is 1. The van der Waals surface area contributed by atoms with Crippen LogP contribution in [0.25, 0.3) is 0 Å². The minimum Gasteiger partial charge on any atom is -0.323 e. The average Bonchev–Trinajstić information content (AvgIpc) is 2.99. The Morgan fingerprint density at radius 3 is 2.71 bits per heavy atom. The van der Waals surface area contributed by atoms with Crippen molar-refractivity contribution in [3.8, 4) is 0 Å². The Bertz CT molecular complexity index is 597. The Hall–Kier alpha value is -1.13. The van der Waals surface area contributed by atoms with Gasteiger partial charge in [0.1, 0.15) is 5.82 Å². The third-order valence-corrected chi connectivity index (χ3v) is 5.30. The molecule has 1 aliphatic heterocycles. The lowest BCUT2D eigenvalue weighted by molar-refractivity contribution is -0.126. The van der Waals surface area contributed by atoms with Gasteiger partial charge in [-0.3, -0.25) is 4.79 Å². The first kappa shape index (κ1) is 19.2. The number of hydrogen-bond acceptors (Lipinski definition) is 2. The molecule has 24 heavy (non-hydrogen) atoms. The van der Waals surface area contributed by atoms with Crippen LogP contribution in [0.2, 0.25) is 0 Å². The number of anilines is 1. The molecule has 1 amide bonds. The summed E-state index contributed by atoms with van der Waals surface area (Å²) in [5.74, 6) is 0.241. The topological polar surface area (TPSA) is 41.1 Å². The van der Waals surface area contributed by atoms with Crippen molar-refractivity contribution in [2.75, 3.05) is 11.9 Å². The van der Waals surface area contributed by atoms with E-state index in [0.717, 1.165) is 49.8 Å². The molecule has 1 aromatic carbocycles. The lowest BCUT2D eigenvalue weighted by Crippen LogP contribution is -2.35. The highest BCUT2D eigenvalue weighted by molar-refractivity contribution is 5.95. The van der Waals surface area contributed by atoms with Gasteiger partial charge in [-0.05, 0) is 55.3 Å². The van der Waals surface area contributed by atoms with E-state index in [1.807, 2.05) is 6.07 Å². The normalized spacial score (nSPS) is 18.8. The second-order valence-electron chi connectivity index (χ2n) is 7.53. The predicted octanol–water partition coefficient (Wildman–Crippen LogP) is 4.44. The molecule has 134 valence electrons. The third kappa shape index (κ3) is 3.75. The SMILES string of the molecule is CC(C)CC1(C(=O)Nc2ccc3c(c2F)CCNC3)CCCC1.Cl. The van der Waals surface area contributed by atoms with E-state index in [-0.39, 0.29) is 29.5 Å². The molecule has 0 aromatic heterocycles. The minimum atomic E-state index is -0.307. The molecular formula is C19H28ClFN2O. The van der Waals surface area contributed by atoms with Gasteiger partial charge in [-0.15, -0.1) is 12.4 Å². The molecule has 3 nitrogen and oxygen atoms in total. The van der Waals surface area contributed by atoms with E-state index in [9.17, 15) is 9.18 Å². The molecule has 1 heterocycles. The van der Waals surface area contributed by atoms with Crippen LogP contribution in [0, 0.1) is 17.2 Å². The summed E-state index contributed by atoms with van der Waals surface area (Å²) in [4.78, 5) is 12.9. The van der Waals surface area contributed by atoms with Crippen LogP contribution in [0.3, 0.4) is 0 Å². The summed E-state index contributed by atoms with van der Waals surface area (Å²) in [5, 5.41) is 6.16. The van der Waals surface area contributed by atoms with Crippen LogP contribution in [-0.4, -0.2) is 12.5 Å². The molecule has 2 N–H and O–H groups in total. The molecule has 0 bridgehead atoms. The Balaban J connectivity index is 0.00000208. The molecular weight excluding hydrogens is 327 g/mol. The Labute approximate surface area is 150 Å². The van der Waals surface area contributed by atoms with Gasteiger partial charge in [0.25, 0.3) is 0 Å². The van der Waals surface area contributed by atoms with Crippen LogP contribution < -0.4 is 10.6 Å². The number of amides is 1. The van der Waals surface area contributed by atoms with Crippen molar-refractivity contribution >= 4 is 24.0 Å². The van der Waals surface area contributed by atoms with Crippen LogP contribution in [0.5, 0.6) is 0 Å². The molecule has 3 rings (SSSR count). The first-order valence-corrected chi connectivity index (χ1v) is 8.84. The summed E-state index contributed by atoms with van der Waals surface area (Å²) >= 11 is 0. The van der Waals surface area contributed by atoms with E-state index < -0.39 is 0 Å². The van der Waals surface area contributed by atoms with Crippen LogP contribution in [0.15, 0.2) is 12.1 Å². The molecule has 0 spiro atoms. The monoisotopic (exact) mass is 354 g/mol. The molecule has 0 saturated heterocycles. The van der Waals surface area contributed by atoms with Gasteiger partial charge in [0.05, 0.1) is 5.69 Å². The molecule has 1 aliphatic carbocycles. The van der Waals surface area contributed by atoms with Gasteiger partial charge in [-0.25, -0.2) is 4.39 Å². The average molecular weight is 355 g/mol. The van der Waals surface area contributed by atoms with Crippen molar-refractivity contribution < 1.29 is 9.18 Å². The number of nitrogens with one attached hydrogen (secondary N) is 2. The fraction of sp³-hybridized carbons (Fsp3) is 0.632. The van der Waals surface area contributed by atoms with Crippen molar-refractivity contribution in [1.29, 1.82) is 0 Å². The highest BCUT2D eigenvalue weighted by Crippen LogP contribution is 2.44. The standard InChI is InChI=1S/C19H27FN2O.ClH/c1-13(2)11-19(8-3-4-9-19)18(23)22-16-6-5-14-12-21-10-7-15(14)17(16)20;/h5-6,13,21H,3-4,7-12H2,1-2H3,(H,22,23);1H. The quantitative estimate of drug-likeness (QED) is 0.839. The Morgan fingerprint density at radius 2 is 2.04 bits per heavy atom. The van der Waals surface area contributed by atoms with E-state index >= 15 is 0 Å². The lowest BCUT2D eigenvalue weighted by Gasteiger charge is -2.30. The molecule has 1 fully saturated rings. The smallest absolute Gasteiger partial charge is 0.230 e. The zero-order valence-corrected chi connectivity index (χ0v) is 15.4. The highest BCUT2D eigenvalue weighted by Gasteiger charge is 2.41. The van der Waals surface area contributed by atoms with Crippen molar-refractivity contribution in [3.63, 3.8) is 0 Å². The Kier molecular flexibility index (Phi) is 6.27. The van der Waals surface area contributed by atoms with Crippen molar-refractivity contribution in [3.05, 3.63) is 29.1 Å². The van der Waals surface area contributed by atoms with Crippen molar-refractivity contribution in [2.45, 2.75) is 58.9 Å². The zero-order chi connectivity index (χ0) is 16.4. The van der Waals surface area contributed by atoms with Crippen LogP contribution in [0.1, 0.15) is 57.1 Å². The molecule has 1 saturated carbocycles. The molecule has 0 atom stereocenters. The summed E-state index contributed by atoms with van der Waals surface area (Å²) in [6, 6.07) is 3.65. The summed E-state index contributed by atoms with van der Waals surface area (Å²) in [6.07, 6.45) is 5.61. The third-order valence-electron chi connectivity index (χ3n) is 5.30. The maximum atomic E-state index is 14.7.